The van der Waals surface area contributed by atoms with Crippen molar-refractivity contribution < 1.29 is 14.3 Å². The van der Waals surface area contributed by atoms with E-state index in [4.69, 9.17) is 4.74 Å². The van der Waals surface area contributed by atoms with Crippen molar-refractivity contribution in [3.8, 4) is 5.75 Å². The molecule has 2 amide bonds. The predicted octanol–water partition coefficient (Wildman–Crippen LogP) is 3.37. The van der Waals surface area contributed by atoms with Crippen LogP contribution >= 0.6 is 11.8 Å². The first kappa shape index (κ1) is 17.0. The molecule has 2 aromatic carbocycles. The molecule has 0 radical (unpaired) electrons. The van der Waals surface area contributed by atoms with Gasteiger partial charge in [0.1, 0.15) is 12.4 Å². The van der Waals surface area contributed by atoms with E-state index in [0.29, 0.717) is 16.7 Å². The minimum Gasteiger partial charge on any atom is -0.489 e. The lowest BCUT2D eigenvalue weighted by Gasteiger charge is -2.06. The molecule has 1 aliphatic rings. The number of aliphatic imine (C=N–C) groups is 1. The van der Waals surface area contributed by atoms with E-state index >= 15 is 0 Å². The van der Waals surface area contributed by atoms with Gasteiger partial charge in [-0.2, -0.15) is 4.99 Å². The van der Waals surface area contributed by atoms with Crippen molar-refractivity contribution in [1.82, 2.24) is 5.32 Å². The lowest BCUT2D eigenvalue weighted by molar-refractivity contribution is -0.117. The van der Waals surface area contributed by atoms with Crippen LogP contribution in [0.2, 0.25) is 0 Å². The van der Waals surface area contributed by atoms with Crippen LogP contribution in [0.15, 0.2) is 64.5 Å². The van der Waals surface area contributed by atoms with Gasteiger partial charge in [0.2, 0.25) is 5.91 Å². The molecule has 0 bridgehead atoms. The molecule has 0 aliphatic carbocycles. The maximum Gasteiger partial charge on any atom is 0.286 e. The molecule has 1 N–H and O–H groups in total. The van der Waals surface area contributed by atoms with Crippen molar-refractivity contribution in [2.75, 3.05) is 0 Å². The van der Waals surface area contributed by atoms with Crippen molar-refractivity contribution >= 4 is 34.8 Å². The van der Waals surface area contributed by atoms with Crippen LogP contribution in [-0.2, 0) is 16.2 Å². The Morgan fingerprint density at radius 2 is 1.88 bits per heavy atom. The number of amides is 2. The van der Waals surface area contributed by atoms with Gasteiger partial charge in [-0.25, -0.2) is 0 Å². The fourth-order valence-corrected chi connectivity index (χ4v) is 3.03. The molecule has 0 atom stereocenters. The summed E-state index contributed by atoms with van der Waals surface area (Å²) >= 11 is 1.15. The molecule has 0 spiro atoms. The molecule has 5 nitrogen and oxygen atoms in total. The minimum atomic E-state index is -0.349. The third kappa shape index (κ3) is 4.81. The number of carbonyl (C=O) groups is 2. The first-order valence-electron chi connectivity index (χ1n) is 7.67. The SMILES string of the molecule is CC(=O)NC1=NC(=O)/C(=C\c2ccc(OCc3ccccc3)cc2)S1. The molecule has 1 heterocycles. The average Bonchev–Trinajstić information content (AvgIpc) is 2.93. The maximum atomic E-state index is 11.8. The van der Waals surface area contributed by atoms with Gasteiger partial charge in [0.05, 0.1) is 4.91 Å². The number of thioether (sulfide) groups is 1. The van der Waals surface area contributed by atoms with Crippen molar-refractivity contribution in [3.63, 3.8) is 0 Å². The predicted molar refractivity (Wildman–Crippen MR) is 99.0 cm³/mol. The Hall–Kier alpha value is -2.86. The van der Waals surface area contributed by atoms with E-state index in [1.807, 2.05) is 54.6 Å². The molecule has 0 aromatic heterocycles. The highest BCUT2D eigenvalue weighted by Gasteiger charge is 2.22. The number of hydrogen-bond acceptors (Lipinski definition) is 4. The second-order valence-electron chi connectivity index (χ2n) is 5.36. The van der Waals surface area contributed by atoms with E-state index < -0.39 is 0 Å². The number of carbonyl (C=O) groups excluding carboxylic acids is 2. The Kier molecular flexibility index (Phi) is 5.30. The number of ether oxygens (including phenoxy) is 1. The van der Waals surface area contributed by atoms with Crippen molar-refractivity contribution in [2.24, 2.45) is 4.99 Å². The quantitative estimate of drug-likeness (QED) is 0.857. The fraction of sp³-hybridized carbons (Fsp3) is 0.105. The second kappa shape index (κ2) is 7.81. The summed E-state index contributed by atoms with van der Waals surface area (Å²) in [5.41, 5.74) is 1.96. The Morgan fingerprint density at radius 3 is 2.56 bits per heavy atom. The lowest BCUT2D eigenvalue weighted by Crippen LogP contribution is -2.23. The third-order valence-electron chi connectivity index (χ3n) is 3.33. The summed E-state index contributed by atoms with van der Waals surface area (Å²) in [7, 11) is 0. The average molecular weight is 352 g/mol. The molecule has 1 aliphatic heterocycles. The zero-order valence-electron chi connectivity index (χ0n) is 13.6. The van der Waals surface area contributed by atoms with E-state index in [9.17, 15) is 9.59 Å². The second-order valence-corrected chi connectivity index (χ2v) is 6.39. The van der Waals surface area contributed by atoms with Crippen LogP contribution in [-0.4, -0.2) is 17.0 Å². The van der Waals surface area contributed by atoms with Gasteiger partial charge in [-0.3, -0.25) is 9.59 Å². The van der Waals surface area contributed by atoms with E-state index in [1.54, 1.807) is 6.08 Å². The van der Waals surface area contributed by atoms with Crippen molar-refractivity contribution in [2.45, 2.75) is 13.5 Å². The number of hydrogen-bond donors (Lipinski definition) is 1. The molecule has 0 fully saturated rings. The minimum absolute atomic E-state index is 0.250. The first-order chi connectivity index (χ1) is 12.1. The summed E-state index contributed by atoms with van der Waals surface area (Å²) in [6.45, 7) is 1.88. The van der Waals surface area contributed by atoms with Gasteiger partial charge in [0, 0.05) is 6.92 Å². The summed E-state index contributed by atoms with van der Waals surface area (Å²) in [4.78, 5) is 27.1. The normalized spacial score (nSPS) is 15.2. The highest BCUT2D eigenvalue weighted by molar-refractivity contribution is 8.18. The summed E-state index contributed by atoms with van der Waals surface area (Å²) in [5, 5.41) is 2.83. The molecule has 2 aromatic rings. The molecule has 3 rings (SSSR count). The number of rotatable bonds is 4. The molecule has 6 heteroatoms. The monoisotopic (exact) mass is 352 g/mol. The highest BCUT2D eigenvalue weighted by Crippen LogP contribution is 2.28. The van der Waals surface area contributed by atoms with Crippen LogP contribution in [0.25, 0.3) is 6.08 Å². The molecule has 126 valence electrons. The van der Waals surface area contributed by atoms with E-state index in [0.717, 1.165) is 28.6 Å². The summed E-state index contributed by atoms with van der Waals surface area (Å²) in [6.07, 6.45) is 1.74. The highest BCUT2D eigenvalue weighted by atomic mass is 32.2. The van der Waals surface area contributed by atoms with Crippen LogP contribution in [0.4, 0.5) is 0 Å². The maximum absolute atomic E-state index is 11.8. The van der Waals surface area contributed by atoms with Gasteiger partial charge in [-0.15, -0.1) is 0 Å². The largest absolute Gasteiger partial charge is 0.489 e. The van der Waals surface area contributed by atoms with Crippen LogP contribution < -0.4 is 10.1 Å². The smallest absolute Gasteiger partial charge is 0.286 e. The zero-order chi connectivity index (χ0) is 17.6. The Morgan fingerprint density at radius 1 is 1.16 bits per heavy atom. The standard InChI is InChI=1S/C19H16N2O3S/c1-13(22)20-19-21-18(23)17(25-19)11-14-7-9-16(10-8-14)24-12-15-5-3-2-4-6-15/h2-11H,12H2,1H3,(H,20,21,22,23)/b17-11+. The van der Waals surface area contributed by atoms with Crippen molar-refractivity contribution in [1.29, 1.82) is 0 Å². The third-order valence-corrected chi connectivity index (χ3v) is 4.23. The van der Waals surface area contributed by atoms with Gasteiger partial charge in [-0.1, -0.05) is 42.5 Å². The fourth-order valence-electron chi connectivity index (χ4n) is 2.17. The van der Waals surface area contributed by atoms with E-state index in [2.05, 4.69) is 10.3 Å². The molecule has 0 unspecified atom stereocenters. The number of nitrogens with one attached hydrogen (secondary N) is 1. The molecule has 25 heavy (non-hydrogen) atoms. The topological polar surface area (TPSA) is 67.8 Å². The van der Waals surface area contributed by atoms with Crippen molar-refractivity contribution in [3.05, 3.63) is 70.6 Å². The summed E-state index contributed by atoms with van der Waals surface area (Å²) in [5.74, 6) is 0.157. The Bertz CT molecular complexity index is 843. The Labute approximate surface area is 149 Å². The summed E-state index contributed by atoms with van der Waals surface area (Å²) in [6, 6.07) is 17.4. The number of nitrogens with zero attached hydrogens (tertiary/aromatic N) is 1. The van der Waals surface area contributed by atoms with Gasteiger partial charge in [-0.05, 0) is 41.1 Å². The zero-order valence-corrected chi connectivity index (χ0v) is 14.4. The van der Waals surface area contributed by atoms with E-state index in [-0.39, 0.29) is 11.8 Å². The first-order valence-corrected chi connectivity index (χ1v) is 8.49. The van der Waals surface area contributed by atoms with Gasteiger partial charge in [0.15, 0.2) is 5.17 Å². The van der Waals surface area contributed by atoms with E-state index in [1.165, 1.54) is 6.92 Å². The van der Waals surface area contributed by atoms with Crippen LogP contribution in [0.3, 0.4) is 0 Å². The van der Waals surface area contributed by atoms with Crippen LogP contribution in [0.1, 0.15) is 18.1 Å². The molecule has 0 saturated heterocycles. The lowest BCUT2D eigenvalue weighted by atomic mass is 10.2. The molecular weight excluding hydrogens is 336 g/mol. The molecule has 0 saturated carbocycles. The van der Waals surface area contributed by atoms with Crippen LogP contribution in [0, 0.1) is 0 Å². The van der Waals surface area contributed by atoms with Crippen LogP contribution in [0.5, 0.6) is 5.75 Å². The Balaban J connectivity index is 1.61. The summed E-state index contributed by atoms with van der Waals surface area (Å²) < 4.78 is 5.74. The molecular formula is C19H16N2O3S. The number of amidine groups is 1. The van der Waals surface area contributed by atoms with Gasteiger partial charge in [0.25, 0.3) is 5.91 Å². The number of benzene rings is 2. The van der Waals surface area contributed by atoms with Gasteiger partial charge >= 0.3 is 0 Å². The van der Waals surface area contributed by atoms with Gasteiger partial charge < -0.3 is 10.1 Å².